The molecule has 5 aromatic rings. The summed E-state index contributed by atoms with van der Waals surface area (Å²) in [6, 6.07) is 25.1. The van der Waals surface area contributed by atoms with Crippen molar-refractivity contribution in [3.05, 3.63) is 82.8 Å². The molecule has 27 heavy (non-hydrogen) atoms. The Labute approximate surface area is 165 Å². The average molecular weight is 416 g/mol. The number of nitrogens with zero attached hydrogens (tertiary/aromatic N) is 3. The first-order chi connectivity index (χ1) is 13.3. The number of hydrogen-bond donors (Lipinski definition) is 0. The molecule has 0 fully saturated rings. The average Bonchev–Trinajstić information content (AvgIpc) is 2.99. The molecule has 0 aliphatic rings. The van der Waals surface area contributed by atoms with Crippen LogP contribution >= 0.6 is 15.9 Å². The van der Waals surface area contributed by atoms with E-state index < -0.39 is 0 Å². The van der Waals surface area contributed by atoms with Gasteiger partial charge in [0, 0.05) is 16.4 Å². The van der Waals surface area contributed by atoms with Gasteiger partial charge in [0.15, 0.2) is 5.65 Å². The van der Waals surface area contributed by atoms with Crippen LogP contribution in [0.2, 0.25) is 0 Å². The van der Waals surface area contributed by atoms with Gasteiger partial charge in [0.1, 0.15) is 5.52 Å². The Kier molecular flexibility index (Phi) is 4.13. The molecule has 0 radical (unpaired) electrons. The molecule has 0 aliphatic carbocycles. The smallest absolute Gasteiger partial charge is 0.160 e. The van der Waals surface area contributed by atoms with Crippen molar-refractivity contribution in [2.75, 3.05) is 0 Å². The maximum atomic E-state index is 4.96. The topological polar surface area (TPSA) is 30.7 Å². The number of rotatable bonds is 4. The van der Waals surface area contributed by atoms with Gasteiger partial charge in [0.05, 0.1) is 16.6 Å². The van der Waals surface area contributed by atoms with Crippen LogP contribution in [0.1, 0.15) is 12.0 Å². The molecule has 2 aromatic heterocycles. The Balaban J connectivity index is 1.63. The van der Waals surface area contributed by atoms with E-state index in [-0.39, 0.29) is 0 Å². The summed E-state index contributed by atoms with van der Waals surface area (Å²) in [6.45, 7) is 0.920. The molecule has 2 heterocycles. The number of aryl methyl sites for hydroxylation is 2. The SMILES string of the molecule is Brc1ccc2c(c1)c1nc3ccccc3nc1n2CCCc1ccccc1. The van der Waals surface area contributed by atoms with E-state index in [9.17, 15) is 0 Å². The zero-order chi connectivity index (χ0) is 18.2. The van der Waals surface area contributed by atoms with Crippen LogP contribution in [-0.2, 0) is 13.0 Å². The van der Waals surface area contributed by atoms with Crippen LogP contribution in [0.3, 0.4) is 0 Å². The van der Waals surface area contributed by atoms with Gasteiger partial charge in [-0.05, 0) is 48.7 Å². The summed E-state index contributed by atoms with van der Waals surface area (Å²) in [5.41, 5.74) is 6.39. The minimum absolute atomic E-state index is 0.920. The zero-order valence-electron chi connectivity index (χ0n) is 14.8. The highest BCUT2D eigenvalue weighted by Gasteiger charge is 2.14. The molecule has 4 heteroatoms. The summed E-state index contributed by atoms with van der Waals surface area (Å²) >= 11 is 3.60. The van der Waals surface area contributed by atoms with Crippen LogP contribution in [-0.4, -0.2) is 14.5 Å². The highest BCUT2D eigenvalue weighted by atomic mass is 79.9. The maximum Gasteiger partial charge on any atom is 0.160 e. The minimum atomic E-state index is 0.920. The van der Waals surface area contributed by atoms with Crippen molar-refractivity contribution in [2.24, 2.45) is 0 Å². The van der Waals surface area contributed by atoms with Gasteiger partial charge in [-0.1, -0.05) is 58.4 Å². The molecule has 0 saturated heterocycles. The molecule has 0 aliphatic heterocycles. The molecule has 5 rings (SSSR count). The Bertz CT molecular complexity index is 1260. The van der Waals surface area contributed by atoms with E-state index in [1.807, 2.05) is 24.3 Å². The molecule has 0 saturated carbocycles. The van der Waals surface area contributed by atoms with Crippen molar-refractivity contribution in [3.63, 3.8) is 0 Å². The van der Waals surface area contributed by atoms with Gasteiger partial charge < -0.3 is 4.57 Å². The predicted octanol–water partition coefficient (Wildman–Crippen LogP) is 6.13. The van der Waals surface area contributed by atoms with Gasteiger partial charge in [-0.2, -0.15) is 0 Å². The maximum absolute atomic E-state index is 4.96. The van der Waals surface area contributed by atoms with Gasteiger partial charge in [0.25, 0.3) is 0 Å². The summed E-state index contributed by atoms with van der Waals surface area (Å²) in [5.74, 6) is 0. The Morgan fingerprint density at radius 3 is 2.37 bits per heavy atom. The summed E-state index contributed by atoms with van der Waals surface area (Å²) < 4.78 is 3.38. The largest absolute Gasteiger partial charge is 0.324 e. The van der Waals surface area contributed by atoms with Gasteiger partial charge in [0.2, 0.25) is 0 Å². The van der Waals surface area contributed by atoms with Gasteiger partial charge in [-0.15, -0.1) is 0 Å². The van der Waals surface area contributed by atoms with Crippen molar-refractivity contribution >= 4 is 49.0 Å². The fraction of sp³-hybridized carbons (Fsp3) is 0.130. The van der Waals surface area contributed by atoms with Crippen molar-refractivity contribution in [3.8, 4) is 0 Å². The monoisotopic (exact) mass is 415 g/mol. The predicted molar refractivity (Wildman–Crippen MR) is 115 cm³/mol. The van der Waals surface area contributed by atoms with E-state index in [1.54, 1.807) is 0 Å². The number of benzene rings is 3. The number of hydrogen-bond acceptors (Lipinski definition) is 2. The molecular weight excluding hydrogens is 398 g/mol. The lowest BCUT2D eigenvalue weighted by Crippen LogP contribution is -2.01. The normalized spacial score (nSPS) is 11.6. The van der Waals surface area contributed by atoms with Crippen LogP contribution in [0.4, 0.5) is 0 Å². The lowest BCUT2D eigenvalue weighted by Gasteiger charge is -2.07. The minimum Gasteiger partial charge on any atom is -0.324 e. The second-order valence-electron chi connectivity index (χ2n) is 6.79. The fourth-order valence-corrected chi connectivity index (χ4v) is 4.08. The molecule has 3 nitrogen and oxygen atoms in total. The van der Waals surface area contributed by atoms with Crippen LogP contribution in [0, 0.1) is 0 Å². The second-order valence-corrected chi connectivity index (χ2v) is 7.70. The van der Waals surface area contributed by atoms with Crippen molar-refractivity contribution in [2.45, 2.75) is 19.4 Å². The summed E-state index contributed by atoms with van der Waals surface area (Å²) in [7, 11) is 0. The van der Waals surface area contributed by atoms with Crippen LogP contribution < -0.4 is 0 Å². The highest BCUT2D eigenvalue weighted by molar-refractivity contribution is 9.10. The third-order valence-electron chi connectivity index (χ3n) is 5.00. The third kappa shape index (κ3) is 3.00. The van der Waals surface area contributed by atoms with Gasteiger partial charge in [-0.3, -0.25) is 0 Å². The first-order valence-electron chi connectivity index (χ1n) is 9.18. The number of aromatic nitrogens is 3. The lowest BCUT2D eigenvalue weighted by atomic mass is 10.1. The van der Waals surface area contributed by atoms with E-state index in [0.29, 0.717) is 0 Å². The van der Waals surface area contributed by atoms with E-state index in [4.69, 9.17) is 9.97 Å². The standard InChI is InChI=1S/C23H18BrN3/c24-17-12-13-21-18(15-17)22-23(26-20-11-5-4-10-19(20)25-22)27(21)14-6-9-16-7-2-1-3-8-16/h1-5,7-8,10-13,15H,6,9,14H2. The van der Waals surface area contributed by atoms with Crippen molar-refractivity contribution in [1.82, 2.24) is 14.5 Å². The number of halogens is 1. The van der Waals surface area contributed by atoms with Crippen LogP contribution in [0.5, 0.6) is 0 Å². The molecular formula is C23H18BrN3. The molecule has 0 unspecified atom stereocenters. The highest BCUT2D eigenvalue weighted by Crippen LogP contribution is 2.30. The summed E-state index contributed by atoms with van der Waals surface area (Å²) in [5, 5.41) is 1.15. The van der Waals surface area contributed by atoms with E-state index >= 15 is 0 Å². The van der Waals surface area contributed by atoms with Crippen molar-refractivity contribution in [1.29, 1.82) is 0 Å². The first-order valence-corrected chi connectivity index (χ1v) is 9.97. The zero-order valence-corrected chi connectivity index (χ0v) is 16.4. The molecule has 0 spiro atoms. The Morgan fingerprint density at radius 2 is 1.56 bits per heavy atom. The molecule has 3 aromatic carbocycles. The lowest BCUT2D eigenvalue weighted by molar-refractivity contribution is 0.674. The quantitative estimate of drug-likeness (QED) is 0.353. The van der Waals surface area contributed by atoms with Crippen LogP contribution in [0.25, 0.3) is 33.1 Å². The Morgan fingerprint density at radius 1 is 0.815 bits per heavy atom. The fourth-order valence-electron chi connectivity index (χ4n) is 3.72. The molecule has 0 bridgehead atoms. The summed E-state index contributed by atoms with van der Waals surface area (Å²) in [6.07, 6.45) is 2.12. The first kappa shape index (κ1) is 16.5. The summed E-state index contributed by atoms with van der Waals surface area (Å²) in [4.78, 5) is 9.89. The third-order valence-corrected chi connectivity index (χ3v) is 5.50. The Hall–Kier alpha value is -2.72. The molecule has 0 amide bonds. The van der Waals surface area contributed by atoms with Crippen molar-refractivity contribution < 1.29 is 0 Å². The van der Waals surface area contributed by atoms with Gasteiger partial charge in [-0.25, -0.2) is 9.97 Å². The molecule has 0 N–H and O–H groups in total. The molecule has 132 valence electrons. The van der Waals surface area contributed by atoms with Gasteiger partial charge >= 0.3 is 0 Å². The van der Waals surface area contributed by atoms with E-state index in [2.05, 4.69) is 69.0 Å². The number of para-hydroxylation sites is 2. The van der Waals surface area contributed by atoms with E-state index in [0.717, 1.165) is 51.4 Å². The second kappa shape index (κ2) is 6.78. The van der Waals surface area contributed by atoms with E-state index in [1.165, 1.54) is 11.1 Å². The number of fused-ring (bicyclic) bond motifs is 4. The molecule has 0 atom stereocenters. The van der Waals surface area contributed by atoms with Crippen LogP contribution in [0.15, 0.2) is 77.3 Å².